The second-order valence-electron chi connectivity index (χ2n) is 5.18. The molecule has 0 aromatic carbocycles. The van der Waals surface area contributed by atoms with Gasteiger partial charge in [-0.05, 0) is 39.3 Å². The first-order valence-corrected chi connectivity index (χ1v) is 7.45. The number of carbonyl (C=O) groups is 2. The molecule has 0 aliphatic rings. The number of carboxylic acids is 1. The van der Waals surface area contributed by atoms with Gasteiger partial charge >= 0.3 is 12.0 Å². The second-order valence-corrected chi connectivity index (χ2v) is 5.18. The van der Waals surface area contributed by atoms with Crippen molar-refractivity contribution in [3.63, 3.8) is 0 Å². The molecule has 0 saturated carbocycles. The van der Waals surface area contributed by atoms with E-state index in [1.54, 1.807) is 6.92 Å². The number of carbonyl (C=O) groups excluding carboxylic acids is 1. The quantitative estimate of drug-likeness (QED) is 0.434. The lowest BCUT2D eigenvalue weighted by atomic mass is 10.0. The van der Waals surface area contributed by atoms with Crippen molar-refractivity contribution in [1.82, 2.24) is 16.0 Å². The predicted molar refractivity (Wildman–Crippen MR) is 79.8 cm³/mol. The van der Waals surface area contributed by atoms with Gasteiger partial charge in [-0.2, -0.15) is 0 Å². The largest absolute Gasteiger partial charge is 0.481 e. The fourth-order valence-electron chi connectivity index (χ4n) is 1.79. The van der Waals surface area contributed by atoms with Gasteiger partial charge in [-0.25, -0.2) is 4.79 Å². The van der Waals surface area contributed by atoms with E-state index in [-0.39, 0.29) is 18.0 Å². The van der Waals surface area contributed by atoms with E-state index >= 15 is 0 Å². The normalized spacial score (nSPS) is 13.6. The molecule has 20 heavy (non-hydrogen) atoms. The van der Waals surface area contributed by atoms with Crippen molar-refractivity contribution < 1.29 is 14.7 Å². The summed E-state index contributed by atoms with van der Waals surface area (Å²) in [5.41, 5.74) is 0. The van der Waals surface area contributed by atoms with Gasteiger partial charge in [0.1, 0.15) is 0 Å². The Morgan fingerprint density at radius 2 is 1.80 bits per heavy atom. The van der Waals surface area contributed by atoms with Crippen LogP contribution in [0.3, 0.4) is 0 Å². The lowest BCUT2D eigenvalue weighted by Gasteiger charge is -2.15. The minimum Gasteiger partial charge on any atom is -0.481 e. The minimum absolute atomic E-state index is 0.0600. The molecule has 2 unspecified atom stereocenters. The van der Waals surface area contributed by atoms with E-state index in [1.807, 2.05) is 13.8 Å². The Morgan fingerprint density at radius 1 is 1.10 bits per heavy atom. The van der Waals surface area contributed by atoms with Gasteiger partial charge in [-0.15, -0.1) is 0 Å². The Morgan fingerprint density at radius 3 is 2.40 bits per heavy atom. The van der Waals surface area contributed by atoms with Gasteiger partial charge in [0.2, 0.25) is 0 Å². The lowest BCUT2D eigenvalue weighted by molar-refractivity contribution is -0.141. The monoisotopic (exact) mass is 287 g/mol. The minimum atomic E-state index is -0.760. The van der Waals surface area contributed by atoms with E-state index < -0.39 is 5.97 Å². The zero-order valence-corrected chi connectivity index (χ0v) is 12.9. The van der Waals surface area contributed by atoms with Crippen molar-refractivity contribution in [2.24, 2.45) is 5.92 Å². The lowest BCUT2D eigenvalue weighted by Crippen LogP contribution is -2.41. The number of hydrogen-bond donors (Lipinski definition) is 4. The third-order valence-corrected chi connectivity index (χ3v) is 3.14. The van der Waals surface area contributed by atoms with Crippen LogP contribution in [0, 0.1) is 5.92 Å². The van der Waals surface area contributed by atoms with Crippen molar-refractivity contribution >= 4 is 12.0 Å². The molecule has 2 atom stereocenters. The van der Waals surface area contributed by atoms with Crippen LogP contribution in [0.2, 0.25) is 0 Å². The summed E-state index contributed by atoms with van der Waals surface area (Å²) in [5.74, 6) is -1.08. The van der Waals surface area contributed by atoms with Crippen LogP contribution in [0.15, 0.2) is 0 Å². The molecule has 0 aliphatic heterocycles. The Bertz CT molecular complexity index is 285. The number of amides is 2. The average Bonchev–Trinajstić information content (AvgIpc) is 2.38. The van der Waals surface area contributed by atoms with Crippen LogP contribution in [0.4, 0.5) is 4.79 Å². The van der Waals surface area contributed by atoms with E-state index in [9.17, 15) is 9.59 Å². The first-order chi connectivity index (χ1) is 9.47. The molecular formula is C14H29N3O3. The van der Waals surface area contributed by atoms with Crippen LogP contribution in [0.5, 0.6) is 0 Å². The number of carboxylic acid groups (broad SMARTS) is 1. The fraction of sp³-hybridized carbons (Fsp3) is 0.857. The van der Waals surface area contributed by atoms with Gasteiger partial charge in [0.05, 0.1) is 5.92 Å². The van der Waals surface area contributed by atoms with Crippen molar-refractivity contribution in [3.05, 3.63) is 0 Å². The van der Waals surface area contributed by atoms with Gasteiger partial charge in [-0.1, -0.05) is 20.3 Å². The molecule has 0 radical (unpaired) electrons. The predicted octanol–water partition coefficient (Wildman–Crippen LogP) is 1.56. The summed E-state index contributed by atoms with van der Waals surface area (Å²) in [6.45, 7) is 8.19. The molecule has 118 valence electrons. The standard InChI is InChI=1S/C14H29N3O3/c1-4-15-9-6-10-16-14(20)17-12(3)8-5-7-11(2)13(18)19/h11-12,15H,4-10H2,1-3H3,(H,18,19)(H2,16,17,20). The molecule has 2 amide bonds. The van der Waals surface area contributed by atoms with Gasteiger partial charge in [0.25, 0.3) is 0 Å². The molecule has 0 bridgehead atoms. The molecular weight excluding hydrogens is 258 g/mol. The highest BCUT2D eigenvalue weighted by atomic mass is 16.4. The molecule has 0 aromatic rings. The first-order valence-electron chi connectivity index (χ1n) is 7.45. The summed E-state index contributed by atoms with van der Waals surface area (Å²) in [6.07, 6.45) is 3.15. The summed E-state index contributed by atoms with van der Waals surface area (Å²) in [5, 5.41) is 17.6. The van der Waals surface area contributed by atoms with Crippen LogP contribution >= 0.6 is 0 Å². The highest BCUT2D eigenvalue weighted by Crippen LogP contribution is 2.09. The number of hydrogen-bond acceptors (Lipinski definition) is 3. The maximum atomic E-state index is 11.6. The molecule has 0 heterocycles. The third kappa shape index (κ3) is 10.6. The van der Waals surface area contributed by atoms with Crippen LogP contribution in [-0.4, -0.2) is 42.8 Å². The topological polar surface area (TPSA) is 90.5 Å². The van der Waals surface area contributed by atoms with Crippen LogP contribution in [0.25, 0.3) is 0 Å². The maximum Gasteiger partial charge on any atom is 0.314 e. The molecule has 0 fully saturated rings. The molecule has 0 rings (SSSR count). The summed E-state index contributed by atoms with van der Waals surface area (Å²) in [7, 11) is 0. The van der Waals surface area contributed by atoms with Crippen molar-refractivity contribution in [1.29, 1.82) is 0 Å². The summed E-state index contributed by atoms with van der Waals surface area (Å²) in [6, 6.07) is -0.0926. The Kier molecular flexibility index (Phi) is 10.8. The molecule has 6 nitrogen and oxygen atoms in total. The summed E-state index contributed by atoms with van der Waals surface area (Å²) in [4.78, 5) is 22.2. The van der Waals surface area contributed by atoms with Crippen LogP contribution < -0.4 is 16.0 Å². The van der Waals surface area contributed by atoms with Crippen molar-refractivity contribution in [2.45, 2.75) is 52.5 Å². The Hall–Kier alpha value is -1.30. The summed E-state index contributed by atoms with van der Waals surface area (Å²) >= 11 is 0. The molecule has 6 heteroatoms. The van der Waals surface area contributed by atoms with Crippen LogP contribution in [-0.2, 0) is 4.79 Å². The Labute approximate surface area is 121 Å². The Balaban J connectivity index is 3.57. The zero-order chi connectivity index (χ0) is 15.4. The zero-order valence-electron chi connectivity index (χ0n) is 12.9. The number of aliphatic carboxylic acids is 1. The SMILES string of the molecule is CCNCCCNC(=O)NC(C)CCCC(C)C(=O)O. The highest BCUT2D eigenvalue weighted by molar-refractivity contribution is 5.74. The third-order valence-electron chi connectivity index (χ3n) is 3.14. The fourth-order valence-corrected chi connectivity index (χ4v) is 1.79. The number of rotatable bonds is 11. The molecule has 0 aliphatic carbocycles. The van der Waals surface area contributed by atoms with E-state index in [2.05, 4.69) is 16.0 Å². The van der Waals surface area contributed by atoms with E-state index in [4.69, 9.17) is 5.11 Å². The average molecular weight is 287 g/mol. The molecule has 0 aromatic heterocycles. The maximum absolute atomic E-state index is 11.6. The van der Waals surface area contributed by atoms with E-state index in [0.717, 1.165) is 32.4 Å². The highest BCUT2D eigenvalue weighted by Gasteiger charge is 2.12. The second kappa shape index (κ2) is 11.5. The van der Waals surface area contributed by atoms with Crippen LogP contribution in [0.1, 0.15) is 46.5 Å². The van der Waals surface area contributed by atoms with E-state index in [0.29, 0.717) is 13.0 Å². The van der Waals surface area contributed by atoms with Gasteiger partial charge < -0.3 is 21.1 Å². The molecule has 0 saturated heterocycles. The number of nitrogens with one attached hydrogen (secondary N) is 3. The van der Waals surface area contributed by atoms with E-state index in [1.165, 1.54) is 0 Å². The van der Waals surface area contributed by atoms with Gasteiger partial charge in [0.15, 0.2) is 0 Å². The van der Waals surface area contributed by atoms with Crippen molar-refractivity contribution in [2.75, 3.05) is 19.6 Å². The molecule has 4 N–H and O–H groups in total. The van der Waals surface area contributed by atoms with Gasteiger partial charge in [0, 0.05) is 12.6 Å². The summed E-state index contributed by atoms with van der Waals surface area (Å²) < 4.78 is 0. The van der Waals surface area contributed by atoms with Gasteiger partial charge in [-0.3, -0.25) is 4.79 Å². The molecule has 0 spiro atoms. The smallest absolute Gasteiger partial charge is 0.314 e. The number of urea groups is 1. The van der Waals surface area contributed by atoms with Crippen molar-refractivity contribution in [3.8, 4) is 0 Å². The first kappa shape index (κ1) is 18.7.